The molecular weight excluding hydrogens is 116 g/mol. The highest BCUT2D eigenvalue weighted by atomic mass is 16.7. The van der Waals surface area contributed by atoms with Gasteiger partial charge in [-0.15, -0.1) is 0 Å². The molecule has 0 aromatic heterocycles. The van der Waals surface area contributed by atoms with Crippen LogP contribution in [0.3, 0.4) is 0 Å². The monoisotopic (exact) mass is 125 g/mol. The number of aliphatic imine (C=N–C) groups is 1. The number of nitrogens with zero attached hydrogens (tertiary/aromatic N) is 2. The first-order valence-electron chi connectivity index (χ1n) is 2.72. The molecular formula is C6H9N2O. The Hall–Kier alpha value is -0.830. The normalized spacial score (nSPS) is 18.0. The fourth-order valence-electron chi connectivity index (χ4n) is 0.625. The van der Waals surface area contributed by atoms with Crippen LogP contribution in [-0.2, 0) is 4.84 Å². The van der Waals surface area contributed by atoms with E-state index in [0.29, 0.717) is 0 Å². The lowest BCUT2D eigenvalue weighted by Crippen LogP contribution is -2.25. The summed E-state index contributed by atoms with van der Waals surface area (Å²) >= 11 is 0. The molecule has 49 valence electrons. The summed E-state index contributed by atoms with van der Waals surface area (Å²) in [5.74, 6) is 0.847. The summed E-state index contributed by atoms with van der Waals surface area (Å²) in [6.45, 7) is 3.69. The molecule has 0 atom stereocenters. The second kappa shape index (κ2) is 2.64. The molecule has 1 heterocycles. The molecule has 0 amide bonds. The van der Waals surface area contributed by atoms with E-state index < -0.39 is 0 Å². The van der Waals surface area contributed by atoms with Gasteiger partial charge < -0.3 is 0 Å². The van der Waals surface area contributed by atoms with Crippen LogP contribution < -0.4 is 0 Å². The van der Waals surface area contributed by atoms with Crippen LogP contribution in [-0.4, -0.2) is 18.0 Å². The van der Waals surface area contributed by atoms with Gasteiger partial charge in [0, 0.05) is 6.20 Å². The zero-order valence-electron chi connectivity index (χ0n) is 5.53. The van der Waals surface area contributed by atoms with Gasteiger partial charge in [-0.2, -0.15) is 0 Å². The third-order valence-corrected chi connectivity index (χ3v) is 1.08. The molecule has 3 nitrogen and oxygen atoms in total. The smallest absolute Gasteiger partial charge is 0.126 e. The molecule has 0 aromatic carbocycles. The maximum atomic E-state index is 4.90. The van der Waals surface area contributed by atoms with Crippen molar-refractivity contribution in [3.8, 4) is 0 Å². The lowest BCUT2D eigenvalue weighted by atomic mass is 10.5. The molecule has 9 heavy (non-hydrogen) atoms. The largest absolute Gasteiger partial charge is 0.275 e. The topological polar surface area (TPSA) is 24.8 Å². The molecule has 0 unspecified atom stereocenters. The molecule has 1 aliphatic heterocycles. The summed E-state index contributed by atoms with van der Waals surface area (Å²) in [6.07, 6.45) is 3.54. The summed E-state index contributed by atoms with van der Waals surface area (Å²) in [5.41, 5.74) is 0. The van der Waals surface area contributed by atoms with Crippen LogP contribution >= 0.6 is 0 Å². The number of amidine groups is 1. The van der Waals surface area contributed by atoms with Crippen molar-refractivity contribution in [1.29, 1.82) is 0 Å². The van der Waals surface area contributed by atoms with Gasteiger partial charge in [-0.05, 0) is 13.0 Å². The molecule has 0 saturated carbocycles. The van der Waals surface area contributed by atoms with Gasteiger partial charge >= 0.3 is 0 Å². The van der Waals surface area contributed by atoms with Crippen molar-refractivity contribution in [3.63, 3.8) is 0 Å². The standard InChI is InChI=1S/C6H9N2O/c1-6-7-4-3-5-8(6)9-2/h3-5H,1-2H3. The van der Waals surface area contributed by atoms with Crippen molar-refractivity contribution in [2.24, 2.45) is 4.99 Å². The number of rotatable bonds is 1. The van der Waals surface area contributed by atoms with Gasteiger partial charge in [0.2, 0.25) is 0 Å². The molecule has 1 rings (SSSR count). The van der Waals surface area contributed by atoms with E-state index in [1.54, 1.807) is 18.4 Å². The van der Waals surface area contributed by atoms with Crippen molar-refractivity contribution >= 4 is 5.84 Å². The predicted molar refractivity (Wildman–Crippen MR) is 35.4 cm³/mol. The lowest BCUT2D eigenvalue weighted by molar-refractivity contribution is -0.0356. The SMILES string of the molecule is CON1[CH]C=CN=C1C. The second-order valence-corrected chi connectivity index (χ2v) is 1.68. The Kier molecular flexibility index (Phi) is 1.85. The van der Waals surface area contributed by atoms with Gasteiger partial charge in [0.25, 0.3) is 0 Å². The highest BCUT2D eigenvalue weighted by Gasteiger charge is 2.05. The fourth-order valence-corrected chi connectivity index (χ4v) is 0.625. The van der Waals surface area contributed by atoms with E-state index in [-0.39, 0.29) is 0 Å². The quantitative estimate of drug-likeness (QED) is 0.521. The van der Waals surface area contributed by atoms with E-state index in [9.17, 15) is 0 Å². The summed E-state index contributed by atoms with van der Waals surface area (Å²) in [7, 11) is 1.61. The molecule has 0 N–H and O–H groups in total. The highest BCUT2D eigenvalue weighted by Crippen LogP contribution is 2.02. The molecule has 0 fully saturated rings. The molecule has 0 aliphatic carbocycles. The first kappa shape index (κ1) is 6.29. The fraction of sp³-hybridized carbons (Fsp3) is 0.333. The predicted octanol–water partition coefficient (Wildman–Crippen LogP) is 0.957. The van der Waals surface area contributed by atoms with Crippen molar-refractivity contribution in [1.82, 2.24) is 5.06 Å². The Balaban J connectivity index is 2.59. The minimum Gasteiger partial charge on any atom is -0.275 e. The third kappa shape index (κ3) is 1.29. The maximum absolute atomic E-state index is 4.90. The van der Waals surface area contributed by atoms with E-state index >= 15 is 0 Å². The number of hydrogen-bond acceptors (Lipinski definition) is 3. The van der Waals surface area contributed by atoms with E-state index in [0.717, 1.165) is 5.84 Å². The van der Waals surface area contributed by atoms with Crippen LogP contribution in [0.4, 0.5) is 0 Å². The average molecular weight is 125 g/mol. The van der Waals surface area contributed by atoms with Crippen LogP contribution in [0.1, 0.15) is 6.92 Å². The molecule has 1 aliphatic rings. The maximum Gasteiger partial charge on any atom is 0.126 e. The highest BCUT2D eigenvalue weighted by molar-refractivity contribution is 5.80. The van der Waals surface area contributed by atoms with E-state index in [1.165, 1.54) is 0 Å². The molecule has 0 saturated heterocycles. The van der Waals surface area contributed by atoms with Crippen molar-refractivity contribution in [2.75, 3.05) is 7.11 Å². The first-order valence-corrected chi connectivity index (χ1v) is 2.72. The Morgan fingerprint density at radius 3 is 2.89 bits per heavy atom. The Morgan fingerprint density at radius 1 is 1.67 bits per heavy atom. The van der Waals surface area contributed by atoms with Gasteiger partial charge in [0.1, 0.15) is 12.4 Å². The van der Waals surface area contributed by atoms with Gasteiger partial charge in [0.15, 0.2) is 0 Å². The van der Waals surface area contributed by atoms with Crippen LogP contribution in [0.15, 0.2) is 17.3 Å². The zero-order valence-corrected chi connectivity index (χ0v) is 5.53. The Labute approximate surface area is 54.6 Å². The Morgan fingerprint density at radius 2 is 2.44 bits per heavy atom. The number of hydroxylamine groups is 2. The van der Waals surface area contributed by atoms with Crippen LogP contribution in [0.25, 0.3) is 0 Å². The molecule has 1 radical (unpaired) electrons. The summed E-state index contributed by atoms with van der Waals surface area (Å²) < 4.78 is 0. The van der Waals surface area contributed by atoms with Crippen molar-refractivity contribution < 1.29 is 4.84 Å². The van der Waals surface area contributed by atoms with Crippen LogP contribution in [0.2, 0.25) is 0 Å². The molecule has 0 spiro atoms. The minimum atomic E-state index is 0.847. The van der Waals surface area contributed by atoms with E-state index in [2.05, 4.69) is 4.99 Å². The molecule has 0 bridgehead atoms. The zero-order chi connectivity index (χ0) is 6.69. The van der Waals surface area contributed by atoms with Crippen LogP contribution in [0.5, 0.6) is 0 Å². The van der Waals surface area contributed by atoms with Gasteiger partial charge in [0.05, 0.1) is 7.11 Å². The molecule has 0 aromatic rings. The lowest BCUT2D eigenvalue weighted by Gasteiger charge is -2.19. The molecule has 3 heteroatoms. The van der Waals surface area contributed by atoms with Gasteiger partial charge in [-0.1, -0.05) is 0 Å². The summed E-state index contributed by atoms with van der Waals surface area (Å²) in [4.78, 5) is 8.89. The summed E-state index contributed by atoms with van der Waals surface area (Å²) in [5, 5.41) is 1.60. The van der Waals surface area contributed by atoms with Crippen molar-refractivity contribution in [2.45, 2.75) is 6.92 Å². The average Bonchev–Trinajstić information content (AvgIpc) is 1.89. The van der Waals surface area contributed by atoms with E-state index in [4.69, 9.17) is 4.84 Å². The van der Waals surface area contributed by atoms with Crippen LogP contribution in [0, 0.1) is 6.54 Å². The third-order valence-electron chi connectivity index (χ3n) is 1.08. The second-order valence-electron chi connectivity index (χ2n) is 1.68. The summed E-state index contributed by atoms with van der Waals surface area (Å²) in [6, 6.07) is 0. The van der Waals surface area contributed by atoms with E-state index in [1.807, 2.05) is 19.5 Å². The van der Waals surface area contributed by atoms with Crippen molar-refractivity contribution in [3.05, 3.63) is 18.8 Å². The minimum absolute atomic E-state index is 0.847. The Bertz CT molecular complexity index is 151. The van der Waals surface area contributed by atoms with Gasteiger partial charge in [-0.3, -0.25) is 4.84 Å². The first-order chi connectivity index (χ1) is 4.34. The van der Waals surface area contributed by atoms with Gasteiger partial charge in [-0.25, -0.2) is 10.1 Å². The number of hydrogen-bond donors (Lipinski definition) is 0.